The van der Waals surface area contributed by atoms with Crippen molar-refractivity contribution >= 4 is 17.5 Å². The number of fused-ring (bicyclic) bond motifs is 1. The molecule has 1 saturated carbocycles. The van der Waals surface area contributed by atoms with Crippen LogP contribution in [0.4, 0.5) is 18.9 Å². The van der Waals surface area contributed by atoms with E-state index >= 15 is 0 Å². The normalized spacial score (nSPS) is 21.2. The predicted octanol–water partition coefficient (Wildman–Crippen LogP) is 3.89. The number of nitrogens with zero attached hydrogens (tertiary/aromatic N) is 1. The molecule has 0 aromatic heterocycles. The van der Waals surface area contributed by atoms with Crippen LogP contribution in [0.1, 0.15) is 45.8 Å². The predicted molar refractivity (Wildman–Crippen MR) is 97.9 cm³/mol. The average molecular weight is 388 g/mol. The fourth-order valence-corrected chi connectivity index (χ4v) is 4.17. The Bertz CT molecular complexity index is 955. The summed E-state index contributed by atoms with van der Waals surface area (Å²) in [5.74, 6) is -1.65. The minimum Gasteiger partial charge on any atom is -0.366 e. The number of primary amides is 1. The van der Waals surface area contributed by atoms with Crippen LogP contribution in [-0.4, -0.2) is 18.4 Å². The molecule has 1 aliphatic heterocycles. The zero-order chi connectivity index (χ0) is 20.1. The third-order valence-corrected chi connectivity index (χ3v) is 5.56. The molecule has 0 unspecified atom stereocenters. The van der Waals surface area contributed by atoms with E-state index in [-0.39, 0.29) is 11.5 Å². The Morgan fingerprint density at radius 3 is 2.54 bits per heavy atom. The number of nitrogens with two attached hydrogens (primary N) is 1. The molecule has 2 atom stereocenters. The van der Waals surface area contributed by atoms with Crippen molar-refractivity contribution < 1.29 is 22.8 Å². The highest BCUT2D eigenvalue weighted by Crippen LogP contribution is 2.52. The van der Waals surface area contributed by atoms with Gasteiger partial charge in [0.1, 0.15) is 0 Å². The third kappa shape index (κ3) is 3.15. The van der Waals surface area contributed by atoms with E-state index in [1.54, 1.807) is 29.2 Å². The van der Waals surface area contributed by atoms with Crippen LogP contribution in [0.15, 0.2) is 42.5 Å². The van der Waals surface area contributed by atoms with Gasteiger partial charge in [-0.2, -0.15) is 13.2 Å². The van der Waals surface area contributed by atoms with Crippen molar-refractivity contribution in [2.75, 3.05) is 11.4 Å². The molecule has 146 valence electrons. The molecule has 2 N–H and O–H groups in total. The van der Waals surface area contributed by atoms with Crippen LogP contribution in [-0.2, 0) is 17.4 Å². The van der Waals surface area contributed by atoms with Gasteiger partial charge in [-0.3, -0.25) is 9.59 Å². The summed E-state index contributed by atoms with van der Waals surface area (Å²) in [7, 11) is 0. The van der Waals surface area contributed by atoms with Gasteiger partial charge in [-0.15, -0.1) is 0 Å². The molecule has 1 heterocycles. The molecule has 0 bridgehead atoms. The van der Waals surface area contributed by atoms with E-state index in [1.165, 1.54) is 12.1 Å². The van der Waals surface area contributed by atoms with Crippen molar-refractivity contribution in [2.24, 2.45) is 11.7 Å². The van der Waals surface area contributed by atoms with Crippen LogP contribution in [0.5, 0.6) is 0 Å². The van der Waals surface area contributed by atoms with Crippen LogP contribution in [0, 0.1) is 5.92 Å². The molecule has 2 amide bonds. The molecule has 0 saturated heterocycles. The lowest BCUT2D eigenvalue weighted by Crippen LogP contribution is -2.37. The number of amides is 2. The van der Waals surface area contributed by atoms with Crippen molar-refractivity contribution in [3.63, 3.8) is 0 Å². The number of alkyl halides is 3. The van der Waals surface area contributed by atoms with Crippen LogP contribution in [0.2, 0.25) is 0 Å². The Kier molecular flexibility index (Phi) is 4.40. The first-order valence-corrected chi connectivity index (χ1v) is 9.18. The third-order valence-electron chi connectivity index (χ3n) is 5.56. The zero-order valence-electron chi connectivity index (χ0n) is 15.0. The lowest BCUT2D eigenvalue weighted by molar-refractivity contribution is -0.138. The molecular formula is C21H19F3N2O2. The molecular weight excluding hydrogens is 369 g/mol. The van der Waals surface area contributed by atoms with Crippen molar-refractivity contribution in [1.29, 1.82) is 0 Å². The van der Waals surface area contributed by atoms with Crippen LogP contribution in [0.3, 0.4) is 0 Å². The topological polar surface area (TPSA) is 63.4 Å². The SMILES string of the molecule is NC(=O)c1cccc2c1CCCN2C(=O)[C@H]1C[C@@H]1c1ccccc1C(F)(F)F. The first-order valence-electron chi connectivity index (χ1n) is 9.18. The first kappa shape index (κ1) is 18.5. The molecule has 2 aromatic rings. The largest absolute Gasteiger partial charge is 0.416 e. The number of rotatable bonds is 3. The monoisotopic (exact) mass is 388 g/mol. The standard InChI is InChI=1S/C21H19F3N2O2/c22-21(23,24)17-8-2-1-5-12(17)15-11-16(15)20(28)26-10-4-7-13-14(19(25)27)6-3-9-18(13)26/h1-3,5-6,8-9,15-16H,4,7,10-11H2,(H2,25,27)/t15-,16+/m1/s1. The van der Waals surface area contributed by atoms with Crippen molar-refractivity contribution in [1.82, 2.24) is 0 Å². The van der Waals surface area contributed by atoms with E-state index < -0.39 is 29.5 Å². The van der Waals surface area contributed by atoms with Gasteiger partial charge in [0.25, 0.3) is 0 Å². The van der Waals surface area contributed by atoms with E-state index in [0.29, 0.717) is 37.1 Å². The fourth-order valence-electron chi connectivity index (χ4n) is 4.17. The van der Waals surface area contributed by atoms with Gasteiger partial charge in [-0.25, -0.2) is 0 Å². The van der Waals surface area contributed by atoms with Crippen LogP contribution >= 0.6 is 0 Å². The highest BCUT2D eigenvalue weighted by molar-refractivity contribution is 6.02. The number of carbonyl (C=O) groups is 2. The molecule has 1 fully saturated rings. The maximum absolute atomic E-state index is 13.3. The maximum atomic E-state index is 13.3. The molecule has 0 spiro atoms. The van der Waals surface area contributed by atoms with Crippen LogP contribution < -0.4 is 10.6 Å². The number of halogens is 3. The summed E-state index contributed by atoms with van der Waals surface area (Å²) >= 11 is 0. The second-order valence-corrected chi connectivity index (χ2v) is 7.29. The highest BCUT2D eigenvalue weighted by atomic mass is 19.4. The number of carbonyl (C=O) groups excluding carboxylic acids is 2. The lowest BCUT2D eigenvalue weighted by Gasteiger charge is -2.31. The average Bonchev–Trinajstić information content (AvgIpc) is 3.46. The summed E-state index contributed by atoms with van der Waals surface area (Å²) in [5.41, 5.74) is 6.71. The molecule has 28 heavy (non-hydrogen) atoms. The number of hydrogen-bond acceptors (Lipinski definition) is 2. The summed E-state index contributed by atoms with van der Waals surface area (Å²) in [6.45, 7) is 0.484. The Balaban J connectivity index is 1.61. The van der Waals surface area contributed by atoms with Gasteiger partial charge >= 0.3 is 6.18 Å². The Labute approximate surface area is 160 Å². The number of anilines is 1. The van der Waals surface area contributed by atoms with Gasteiger partial charge in [-0.05, 0) is 54.5 Å². The van der Waals surface area contributed by atoms with Gasteiger partial charge in [0.05, 0.1) is 5.56 Å². The summed E-state index contributed by atoms with van der Waals surface area (Å²) < 4.78 is 39.9. The van der Waals surface area contributed by atoms with Crippen molar-refractivity contribution in [2.45, 2.75) is 31.4 Å². The molecule has 4 rings (SSSR count). The molecule has 7 heteroatoms. The van der Waals surface area contributed by atoms with Crippen molar-refractivity contribution in [3.05, 3.63) is 64.7 Å². The van der Waals surface area contributed by atoms with E-state index in [1.807, 2.05) is 0 Å². The first-order chi connectivity index (χ1) is 13.3. The van der Waals surface area contributed by atoms with E-state index in [9.17, 15) is 22.8 Å². The van der Waals surface area contributed by atoms with E-state index in [0.717, 1.165) is 11.6 Å². The number of benzene rings is 2. The Morgan fingerprint density at radius 1 is 1.07 bits per heavy atom. The number of hydrogen-bond donors (Lipinski definition) is 1. The second kappa shape index (κ2) is 6.65. The molecule has 4 nitrogen and oxygen atoms in total. The summed E-state index contributed by atoms with van der Waals surface area (Å²) in [6, 6.07) is 10.5. The minimum absolute atomic E-state index is 0.177. The quantitative estimate of drug-likeness (QED) is 0.867. The maximum Gasteiger partial charge on any atom is 0.416 e. The smallest absolute Gasteiger partial charge is 0.366 e. The van der Waals surface area contributed by atoms with Gasteiger partial charge < -0.3 is 10.6 Å². The van der Waals surface area contributed by atoms with Crippen LogP contribution in [0.25, 0.3) is 0 Å². The fraction of sp³-hybridized carbons (Fsp3) is 0.333. The minimum atomic E-state index is -4.44. The highest BCUT2D eigenvalue weighted by Gasteiger charge is 2.49. The van der Waals surface area contributed by atoms with Gasteiger partial charge in [0.2, 0.25) is 11.8 Å². The zero-order valence-corrected chi connectivity index (χ0v) is 15.0. The second-order valence-electron chi connectivity index (χ2n) is 7.29. The van der Waals surface area contributed by atoms with Crippen molar-refractivity contribution in [3.8, 4) is 0 Å². The molecule has 2 aromatic carbocycles. The summed E-state index contributed by atoms with van der Waals surface area (Å²) in [6.07, 6.45) is -2.73. The molecule has 1 aliphatic carbocycles. The molecule has 2 aliphatic rings. The summed E-state index contributed by atoms with van der Waals surface area (Å²) in [4.78, 5) is 26.4. The Hall–Kier alpha value is -2.83. The lowest BCUT2D eigenvalue weighted by atomic mass is 9.95. The van der Waals surface area contributed by atoms with Gasteiger partial charge in [-0.1, -0.05) is 24.3 Å². The molecule has 0 radical (unpaired) electrons. The summed E-state index contributed by atoms with van der Waals surface area (Å²) in [5, 5.41) is 0. The van der Waals surface area contributed by atoms with E-state index in [2.05, 4.69) is 0 Å². The Morgan fingerprint density at radius 2 is 1.82 bits per heavy atom. The van der Waals surface area contributed by atoms with E-state index in [4.69, 9.17) is 5.73 Å². The van der Waals surface area contributed by atoms with Gasteiger partial charge in [0.15, 0.2) is 0 Å². The van der Waals surface area contributed by atoms with Gasteiger partial charge in [0, 0.05) is 23.7 Å².